The van der Waals surface area contributed by atoms with Gasteiger partial charge in [-0.25, -0.2) is 0 Å². The molecule has 0 radical (unpaired) electrons. The first-order chi connectivity index (χ1) is 30.0. The Labute approximate surface area is 356 Å². The smallest absolute Gasteiger partial charge is 0.145 e. The molecule has 9 aromatic carbocycles. The van der Waals surface area contributed by atoms with Crippen LogP contribution in [0, 0.1) is 0 Å². The number of hydrogen-bond acceptors (Lipinski definition) is 4. The van der Waals surface area contributed by atoms with Gasteiger partial charge in [-0.1, -0.05) is 141 Å². The molecule has 288 valence electrons. The fraction of sp³-hybridized carbons (Fsp3) is 0.0526. The lowest BCUT2D eigenvalue weighted by Crippen LogP contribution is -2.17. The minimum atomic E-state index is -0.169. The molecule has 4 heteroatoms. The zero-order valence-corrected chi connectivity index (χ0v) is 34.4. The summed E-state index contributed by atoms with van der Waals surface area (Å²) in [4.78, 5) is 2.45. The Kier molecular flexibility index (Phi) is 7.23. The number of rotatable bonds is 5. The molecule has 3 heterocycles. The minimum absolute atomic E-state index is 0.169. The lowest BCUT2D eigenvalue weighted by molar-refractivity contribution is 0.660. The van der Waals surface area contributed by atoms with E-state index >= 15 is 0 Å². The summed E-state index contributed by atoms with van der Waals surface area (Å²) in [5.74, 6) is 0. The molecule has 0 spiro atoms. The highest BCUT2D eigenvalue weighted by molar-refractivity contribution is 7.26. The maximum atomic E-state index is 7.21. The van der Waals surface area contributed by atoms with Gasteiger partial charge in [0.25, 0.3) is 0 Å². The molecule has 0 aliphatic heterocycles. The third kappa shape index (κ3) is 4.97. The summed E-state index contributed by atoms with van der Waals surface area (Å²) in [5, 5.41) is 6.82. The second-order valence-corrected chi connectivity index (χ2v) is 17.8. The fourth-order valence-electron chi connectivity index (χ4n) is 10.2. The van der Waals surface area contributed by atoms with Gasteiger partial charge in [-0.2, -0.15) is 0 Å². The van der Waals surface area contributed by atoms with Crippen LogP contribution in [0.3, 0.4) is 0 Å². The SMILES string of the molecule is CC1(C)c2ccccc2-c2ccc(N(c3ccc(-c4ccccc4)cc3)c3ccc4c(oc5ccc6oc7ccccc7c6c54)c3-c3cccc4c3sc3ccccc34)cc21. The highest BCUT2D eigenvalue weighted by Crippen LogP contribution is 2.54. The maximum absolute atomic E-state index is 7.21. The topological polar surface area (TPSA) is 29.5 Å². The first-order valence-electron chi connectivity index (χ1n) is 20.9. The Morgan fingerprint density at radius 3 is 1.97 bits per heavy atom. The number of benzene rings is 9. The summed E-state index contributed by atoms with van der Waals surface area (Å²) >= 11 is 1.85. The van der Waals surface area contributed by atoms with Crippen molar-refractivity contribution >= 4 is 92.4 Å². The van der Waals surface area contributed by atoms with Crippen LogP contribution in [0.1, 0.15) is 25.0 Å². The molecule has 1 aliphatic carbocycles. The molecule has 0 saturated carbocycles. The highest BCUT2D eigenvalue weighted by atomic mass is 32.1. The van der Waals surface area contributed by atoms with Gasteiger partial charge in [0.15, 0.2) is 0 Å². The lowest BCUT2D eigenvalue weighted by Gasteiger charge is -2.30. The number of para-hydroxylation sites is 1. The molecule has 0 saturated heterocycles. The second-order valence-electron chi connectivity index (χ2n) is 16.8. The van der Waals surface area contributed by atoms with Gasteiger partial charge in [0.05, 0.1) is 11.3 Å². The Balaban J connectivity index is 1.14. The molecule has 0 amide bonds. The minimum Gasteiger partial charge on any atom is -0.456 e. The predicted molar refractivity (Wildman–Crippen MR) is 257 cm³/mol. The van der Waals surface area contributed by atoms with Crippen LogP contribution in [0.15, 0.2) is 197 Å². The number of hydrogen-bond donors (Lipinski definition) is 0. The van der Waals surface area contributed by atoms with Crippen molar-refractivity contribution in [1.29, 1.82) is 0 Å². The zero-order chi connectivity index (χ0) is 40.4. The van der Waals surface area contributed by atoms with Crippen molar-refractivity contribution in [2.75, 3.05) is 4.90 Å². The standard InChI is InChI=1S/C57H37NO2S/c1-57(2)45-20-9-6-15-38(45)39-28-27-37(33-46(39)57)58(36-25-23-35(24-26-36)34-13-4-3-5-14-34)47-30-29-43-54-50(32-31-49-53(54)42-17-7-10-21-48(42)59-49)60-55(43)52(47)44-19-12-18-41-40-16-8-11-22-51(40)61-56(41)44/h3-33H,1-2H3. The van der Waals surface area contributed by atoms with Crippen LogP contribution >= 0.6 is 11.3 Å². The van der Waals surface area contributed by atoms with Gasteiger partial charge in [0.2, 0.25) is 0 Å². The molecule has 0 N–H and O–H groups in total. The number of thiophene rings is 1. The molecule has 0 bridgehead atoms. The lowest BCUT2D eigenvalue weighted by atomic mass is 9.82. The summed E-state index contributed by atoms with van der Waals surface area (Å²) < 4.78 is 16.2. The third-order valence-electron chi connectivity index (χ3n) is 13.1. The quantitative estimate of drug-likeness (QED) is 0.174. The largest absolute Gasteiger partial charge is 0.456 e. The van der Waals surface area contributed by atoms with Crippen molar-refractivity contribution in [3.8, 4) is 33.4 Å². The van der Waals surface area contributed by atoms with Gasteiger partial charge in [-0.15, -0.1) is 11.3 Å². The van der Waals surface area contributed by atoms with Gasteiger partial charge in [-0.05, 0) is 94.0 Å². The monoisotopic (exact) mass is 799 g/mol. The van der Waals surface area contributed by atoms with Gasteiger partial charge < -0.3 is 13.7 Å². The normalized spacial score (nSPS) is 13.2. The van der Waals surface area contributed by atoms with E-state index in [1.54, 1.807) is 0 Å². The number of nitrogens with zero attached hydrogens (tertiary/aromatic N) is 1. The van der Waals surface area contributed by atoms with Crippen LogP contribution in [-0.2, 0) is 5.41 Å². The van der Waals surface area contributed by atoms with Crippen molar-refractivity contribution in [2.24, 2.45) is 0 Å². The molecule has 3 nitrogen and oxygen atoms in total. The highest BCUT2D eigenvalue weighted by Gasteiger charge is 2.36. The molecular formula is C57H37NO2S. The summed E-state index contributed by atoms with van der Waals surface area (Å²) in [6.45, 7) is 4.71. The van der Waals surface area contributed by atoms with Crippen LogP contribution in [0.25, 0.3) is 97.4 Å². The van der Waals surface area contributed by atoms with Crippen molar-refractivity contribution < 1.29 is 8.83 Å². The fourth-order valence-corrected chi connectivity index (χ4v) is 11.4. The van der Waals surface area contributed by atoms with Crippen LogP contribution in [-0.4, -0.2) is 0 Å². The first kappa shape index (κ1) is 34.5. The van der Waals surface area contributed by atoms with Crippen LogP contribution in [0.5, 0.6) is 0 Å². The van der Waals surface area contributed by atoms with E-state index in [-0.39, 0.29) is 5.41 Å². The molecule has 0 fully saturated rings. The first-order valence-corrected chi connectivity index (χ1v) is 21.7. The average molecular weight is 800 g/mol. The van der Waals surface area contributed by atoms with E-state index in [4.69, 9.17) is 8.83 Å². The van der Waals surface area contributed by atoms with Crippen molar-refractivity contribution in [1.82, 2.24) is 0 Å². The Bertz CT molecular complexity index is 3740. The van der Waals surface area contributed by atoms with Crippen LogP contribution in [0.4, 0.5) is 17.1 Å². The molecule has 12 aromatic rings. The van der Waals surface area contributed by atoms with Gasteiger partial charge in [0, 0.05) is 64.1 Å². The second kappa shape index (κ2) is 12.8. The third-order valence-corrected chi connectivity index (χ3v) is 14.3. The average Bonchev–Trinajstić information content (AvgIpc) is 4.05. The van der Waals surface area contributed by atoms with Crippen molar-refractivity contribution in [3.05, 3.63) is 199 Å². The Morgan fingerprint density at radius 1 is 0.443 bits per heavy atom. The van der Waals surface area contributed by atoms with E-state index < -0.39 is 0 Å². The summed E-state index contributed by atoms with van der Waals surface area (Å²) in [7, 11) is 0. The van der Waals surface area contributed by atoms with Crippen molar-refractivity contribution in [3.63, 3.8) is 0 Å². The van der Waals surface area contributed by atoms with Gasteiger partial charge in [0.1, 0.15) is 22.3 Å². The number of furan rings is 2. The van der Waals surface area contributed by atoms with Gasteiger partial charge in [-0.3, -0.25) is 0 Å². The van der Waals surface area contributed by atoms with Gasteiger partial charge >= 0.3 is 0 Å². The molecule has 1 aliphatic rings. The number of fused-ring (bicyclic) bond motifs is 13. The summed E-state index contributed by atoms with van der Waals surface area (Å²) in [5.41, 5.74) is 16.3. The molecule has 3 aromatic heterocycles. The van der Waals surface area contributed by atoms with E-state index in [9.17, 15) is 0 Å². The van der Waals surface area contributed by atoms with E-state index in [0.29, 0.717) is 0 Å². The number of anilines is 3. The Hall–Kier alpha value is -7.40. The predicted octanol–water partition coefficient (Wildman–Crippen LogP) is 17.0. The maximum Gasteiger partial charge on any atom is 0.145 e. The molecule has 13 rings (SSSR count). The van der Waals surface area contributed by atoms with E-state index in [1.165, 1.54) is 53.6 Å². The molecule has 61 heavy (non-hydrogen) atoms. The Morgan fingerprint density at radius 2 is 1.10 bits per heavy atom. The zero-order valence-electron chi connectivity index (χ0n) is 33.6. The van der Waals surface area contributed by atoms with E-state index in [2.05, 4.69) is 195 Å². The van der Waals surface area contributed by atoms with E-state index in [0.717, 1.165) is 72.1 Å². The molecule has 0 unspecified atom stereocenters. The summed E-state index contributed by atoms with van der Waals surface area (Å²) in [6, 6.07) is 68.1. The molecular weight excluding hydrogens is 763 g/mol. The van der Waals surface area contributed by atoms with Crippen LogP contribution in [0.2, 0.25) is 0 Å². The summed E-state index contributed by atoms with van der Waals surface area (Å²) in [6.07, 6.45) is 0. The van der Waals surface area contributed by atoms with Crippen molar-refractivity contribution in [2.45, 2.75) is 19.3 Å². The van der Waals surface area contributed by atoms with E-state index in [1.807, 2.05) is 23.5 Å². The molecule has 0 atom stereocenters. The van der Waals surface area contributed by atoms with Crippen LogP contribution < -0.4 is 4.90 Å².